The van der Waals surface area contributed by atoms with Gasteiger partial charge >= 0.3 is 5.97 Å². The van der Waals surface area contributed by atoms with Gasteiger partial charge in [-0.25, -0.2) is 9.18 Å². The zero-order valence-corrected chi connectivity index (χ0v) is 19.9. The van der Waals surface area contributed by atoms with Crippen LogP contribution in [0.1, 0.15) is 53.8 Å². The second-order valence-electron chi connectivity index (χ2n) is 9.77. The Labute approximate surface area is 203 Å². The van der Waals surface area contributed by atoms with Crippen LogP contribution in [0.15, 0.2) is 48.5 Å². The van der Waals surface area contributed by atoms with Gasteiger partial charge in [-0.1, -0.05) is 25.1 Å². The van der Waals surface area contributed by atoms with Gasteiger partial charge in [0.25, 0.3) is 5.91 Å². The van der Waals surface area contributed by atoms with Crippen LogP contribution in [-0.2, 0) is 16.0 Å². The molecule has 6 nitrogen and oxygen atoms in total. The Balaban J connectivity index is 1.53. The molecule has 2 aromatic carbocycles. The first-order valence-corrected chi connectivity index (χ1v) is 12.3. The summed E-state index contributed by atoms with van der Waals surface area (Å²) in [5.74, 6) is -1.44. The number of hydrogen-bond acceptors (Lipinski definition) is 4. The minimum Gasteiger partial charge on any atom is -0.464 e. The topological polar surface area (TPSA) is 63.6 Å². The predicted octanol–water partition coefficient (Wildman–Crippen LogP) is 5.15. The monoisotopic (exact) mass is 473 g/mol. The molecule has 35 heavy (non-hydrogen) atoms. The van der Waals surface area contributed by atoms with Gasteiger partial charge in [0.15, 0.2) is 0 Å². The first-order chi connectivity index (χ1) is 17.0. The largest absolute Gasteiger partial charge is 0.464 e. The van der Waals surface area contributed by atoms with Crippen molar-refractivity contribution in [2.75, 3.05) is 25.5 Å². The fourth-order valence-electron chi connectivity index (χ4n) is 6.50. The molecule has 2 atom stereocenters. The SMILES string of the molecule is CC[C@@]12C=C(C(=O)OC)n3c4c(c5ccc(NC(=O)c6ccccc6F)cc53)CCN(CCC1)[C@H]42. The van der Waals surface area contributed by atoms with Gasteiger partial charge in [-0.3, -0.25) is 9.69 Å². The van der Waals surface area contributed by atoms with Crippen molar-refractivity contribution < 1.29 is 18.7 Å². The van der Waals surface area contributed by atoms with Crippen molar-refractivity contribution in [1.29, 1.82) is 0 Å². The Morgan fingerprint density at radius 1 is 1.20 bits per heavy atom. The van der Waals surface area contributed by atoms with Gasteiger partial charge < -0.3 is 14.6 Å². The summed E-state index contributed by atoms with van der Waals surface area (Å²) >= 11 is 0. The van der Waals surface area contributed by atoms with E-state index >= 15 is 0 Å². The molecule has 0 saturated carbocycles. The maximum absolute atomic E-state index is 14.2. The Bertz CT molecular complexity index is 1410. The average molecular weight is 474 g/mol. The van der Waals surface area contributed by atoms with Crippen LogP contribution < -0.4 is 5.32 Å². The number of halogens is 1. The first kappa shape index (κ1) is 22.0. The van der Waals surface area contributed by atoms with Crippen molar-refractivity contribution in [3.8, 4) is 0 Å². The highest BCUT2D eigenvalue weighted by Gasteiger charge is 2.51. The normalized spacial score (nSPS) is 22.9. The van der Waals surface area contributed by atoms with Gasteiger partial charge in [0, 0.05) is 28.7 Å². The highest BCUT2D eigenvalue weighted by Crippen LogP contribution is 2.57. The van der Waals surface area contributed by atoms with Crippen molar-refractivity contribution >= 4 is 34.2 Å². The molecule has 3 aromatic rings. The Morgan fingerprint density at radius 2 is 2.03 bits per heavy atom. The molecule has 3 aliphatic rings. The molecule has 0 bridgehead atoms. The molecule has 6 rings (SSSR count). The molecule has 0 unspecified atom stereocenters. The Hall–Kier alpha value is -3.45. The molecule has 1 aromatic heterocycles. The van der Waals surface area contributed by atoms with Crippen molar-refractivity contribution in [1.82, 2.24) is 9.47 Å². The highest BCUT2D eigenvalue weighted by molar-refractivity contribution is 6.14. The molecular formula is C28H28FN3O3. The van der Waals surface area contributed by atoms with Crippen LogP contribution in [0.25, 0.3) is 16.6 Å². The van der Waals surface area contributed by atoms with E-state index in [1.54, 1.807) is 12.1 Å². The van der Waals surface area contributed by atoms with E-state index in [1.807, 2.05) is 22.8 Å². The van der Waals surface area contributed by atoms with Crippen LogP contribution in [0.4, 0.5) is 10.1 Å². The first-order valence-electron chi connectivity index (χ1n) is 12.3. The number of nitrogens with zero attached hydrogens (tertiary/aromatic N) is 2. The van der Waals surface area contributed by atoms with Crippen molar-refractivity contribution in [3.63, 3.8) is 0 Å². The summed E-state index contributed by atoms with van der Waals surface area (Å²) in [6.07, 6.45) is 6.14. The standard InChI is InChI=1S/C28H28FN3O3/c1-3-28-12-6-13-31-14-11-19-18-10-9-17(30-26(33)20-7-4-5-8-21(20)29)15-22(18)32(24(19)25(28)31)23(16-28)27(34)35-2/h4-5,7-10,15-16,25H,3,6,11-14H2,1-2H3,(H,30,33)/t25-,28+/m1/s1. The molecule has 7 heteroatoms. The quantitative estimate of drug-likeness (QED) is 0.533. The van der Waals surface area contributed by atoms with E-state index in [2.05, 4.69) is 23.2 Å². The molecule has 0 radical (unpaired) electrons. The van der Waals surface area contributed by atoms with Crippen LogP contribution in [0.5, 0.6) is 0 Å². The van der Waals surface area contributed by atoms with Gasteiger partial charge in [-0.05, 0) is 68.1 Å². The Morgan fingerprint density at radius 3 is 2.80 bits per heavy atom. The zero-order chi connectivity index (χ0) is 24.3. The third kappa shape index (κ3) is 3.18. The Kier molecular flexibility index (Phi) is 5.07. The summed E-state index contributed by atoms with van der Waals surface area (Å²) < 4.78 is 21.4. The summed E-state index contributed by atoms with van der Waals surface area (Å²) in [6, 6.07) is 11.9. The van der Waals surface area contributed by atoms with E-state index in [-0.39, 0.29) is 23.0 Å². The molecule has 1 fully saturated rings. The molecule has 1 saturated heterocycles. The number of nitrogens with one attached hydrogen (secondary N) is 1. The van der Waals surface area contributed by atoms with E-state index in [0.717, 1.165) is 49.7 Å². The number of aromatic nitrogens is 1. The maximum Gasteiger partial charge on any atom is 0.354 e. The van der Waals surface area contributed by atoms with E-state index < -0.39 is 11.7 Å². The molecule has 3 aliphatic heterocycles. The fraction of sp³-hybridized carbons (Fsp3) is 0.357. The number of benzene rings is 2. The number of rotatable bonds is 4. The smallest absolute Gasteiger partial charge is 0.354 e. The molecule has 180 valence electrons. The molecule has 1 amide bonds. The van der Waals surface area contributed by atoms with E-state index in [1.165, 1.54) is 30.5 Å². The number of anilines is 1. The number of methoxy groups -OCH3 is 1. The van der Waals surface area contributed by atoms with E-state index in [9.17, 15) is 14.0 Å². The minimum absolute atomic E-state index is 0.0101. The summed E-state index contributed by atoms with van der Waals surface area (Å²) in [5, 5.41) is 3.91. The van der Waals surface area contributed by atoms with E-state index in [0.29, 0.717) is 11.4 Å². The third-order valence-electron chi connectivity index (χ3n) is 8.11. The number of fused-ring (bicyclic) bond motifs is 3. The fourth-order valence-corrected chi connectivity index (χ4v) is 6.50. The van der Waals surface area contributed by atoms with Gasteiger partial charge in [0.2, 0.25) is 0 Å². The summed E-state index contributed by atoms with van der Waals surface area (Å²) in [7, 11) is 1.42. The van der Waals surface area contributed by atoms with Gasteiger partial charge in [0.05, 0.1) is 24.2 Å². The maximum atomic E-state index is 14.2. The molecule has 0 aliphatic carbocycles. The van der Waals surface area contributed by atoms with Crippen molar-refractivity contribution in [2.45, 2.75) is 38.6 Å². The summed E-state index contributed by atoms with van der Waals surface area (Å²) in [5.41, 5.74) is 4.27. The van der Waals surface area contributed by atoms with Crippen molar-refractivity contribution in [2.24, 2.45) is 5.41 Å². The minimum atomic E-state index is -0.566. The summed E-state index contributed by atoms with van der Waals surface area (Å²) in [6.45, 7) is 4.25. The second-order valence-corrected chi connectivity index (χ2v) is 9.77. The molecular weight excluding hydrogens is 445 g/mol. The van der Waals surface area contributed by atoms with Crippen LogP contribution in [0.2, 0.25) is 0 Å². The lowest BCUT2D eigenvalue weighted by Crippen LogP contribution is -2.51. The van der Waals surface area contributed by atoms with Gasteiger partial charge in [-0.15, -0.1) is 0 Å². The molecule has 4 heterocycles. The average Bonchev–Trinajstić information content (AvgIpc) is 3.21. The van der Waals surface area contributed by atoms with Crippen LogP contribution in [-0.4, -0.2) is 41.5 Å². The summed E-state index contributed by atoms with van der Waals surface area (Å²) in [4.78, 5) is 28.4. The number of amides is 1. The van der Waals surface area contributed by atoms with E-state index in [4.69, 9.17) is 4.74 Å². The highest BCUT2D eigenvalue weighted by atomic mass is 19.1. The third-order valence-corrected chi connectivity index (χ3v) is 8.11. The number of carbonyl (C=O) groups excluding carboxylic acids is 2. The lowest BCUT2D eigenvalue weighted by Gasteiger charge is -2.53. The lowest BCUT2D eigenvalue weighted by molar-refractivity contribution is -0.134. The number of esters is 1. The van der Waals surface area contributed by atoms with Gasteiger partial charge in [-0.2, -0.15) is 0 Å². The van der Waals surface area contributed by atoms with Crippen LogP contribution in [0.3, 0.4) is 0 Å². The number of hydrogen-bond donors (Lipinski definition) is 1. The number of piperidine rings is 1. The zero-order valence-electron chi connectivity index (χ0n) is 19.9. The molecule has 0 spiro atoms. The van der Waals surface area contributed by atoms with Crippen LogP contribution >= 0.6 is 0 Å². The van der Waals surface area contributed by atoms with Crippen LogP contribution in [0, 0.1) is 11.2 Å². The number of ether oxygens (including phenoxy) is 1. The lowest BCUT2D eigenvalue weighted by atomic mass is 9.66. The van der Waals surface area contributed by atoms with Crippen molar-refractivity contribution in [3.05, 3.63) is 71.2 Å². The number of carbonyl (C=O) groups is 2. The second kappa shape index (κ2) is 8.05. The predicted molar refractivity (Wildman–Crippen MR) is 133 cm³/mol. The molecule has 1 N–H and O–H groups in total. The van der Waals surface area contributed by atoms with Gasteiger partial charge in [0.1, 0.15) is 11.5 Å².